The summed E-state index contributed by atoms with van der Waals surface area (Å²) in [7, 11) is 3.28. The van der Waals surface area contributed by atoms with Crippen LogP contribution in [0, 0.1) is 6.92 Å². The Morgan fingerprint density at radius 2 is 1.52 bits per heavy atom. The van der Waals surface area contributed by atoms with Crippen LogP contribution in [-0.4, -0.2) is 20.4 Å². The minimum Gasteiger partial charge on any atom is -0.493 e. The second kappa shape index (κ2) is 6.53. The highest BCUT2D eigenvalue weighted by Gasteiger charge is 2.07. The van der Waals surface area contributed by atoms with E-state index in [1.54, 1.807) is 14.2 Å². The highest BCUT2D eigenvalue weighted by Crippen LogP contribution is 2.30. The predicted molar refractivity (Wildman–Crippen MR) is 95.5 cm³/mol. The van der Waals surface area contributed by atoms with E-state index in [0.717, 1.165) is 22.6 Å². The van der Waals surface area contributed by atoms with Crippen LogP contribution >= 0.6 is 0 Å². The fourth-order valence-corrected chi connectivity index (χ4v) is 2.54. The molecule has 0 aliphatic rings. The SMILES string of the molecule is COc1cc(C)c(C=Nc2ccc3ccccc3c2)cc1OC. The molecule has 0 aliphatic heterocycles. The number of hydrogen-bond donors (Lipinski definition) is 0. The largest absolute Gasteiger partial charge is 0.493 e. The first-order chi connectivity index (χ1) is 11.2. The van der Waals surface area contributed by atoms with Crippen molar-refractivity contribution in [3.63, 3.8) is 0 Å². The maximum absolute atomic E-state index is 5.35. The molecular formula is C20H19NO2. The Bertz CT molecular complexity index is 869. The first-order valence-electron chi connectivity index (χ1n) is 7.47. The van der Waals surface area contributed by atoms with Crippen molar-refractivity contribution >= 4 is 22.7 Å². The summed E-state index contributed by atoms with van der Waals surface area (Å²) in [5.41, 5.74) is 3.03. The van der Waals surface area contributed by atoms with Crippen LogP contribution in [0.5, 0.6) is 11.5 Å². The van der Waals surface area contributed by atoms with Gasteiger partial charge >= 0.3 is 0 Å². The van der Waals surface area contributed by atoms with E-state index < -0.39 is 0 Å². The molecule has 3 rings (SSSR count). The van der Waals surface area contributed by atoms with E-state index in [0.29, 0.717) is 5.75 Å². The third-order valence-corrected chi connectivity index (χ3v) is 3.86. The molecule has 0 spiro atoms. The van der Waals surface area contributed by atoms with E-state index in [1.165, 1.54) is 10.8 Å². The fraction of sp³-hybridized carbons (Fsp3) is 0.150. The molecule has 0 unspecified atom stereocenters. The molecule has 0 bridgehead atoms. The lowest BCUT2D eigenvalue weighted by atomic mass is 10.1. The van der Waals surface area contributed by atoms with Crippen LogP contribution in [0.25, 0.3) is 10.8 Å². The summed E-state index contributed by atoms with van der Waals surface area (Å²) in [6.45, 7) is 2.03. The second-order valence-corrected chi connectivity index (χ2v) is 5.35. The normalized spacial score (nSPS) is 11.1. The van der Waals surface area contributed by atoms with Crippen molar-refractivity contribution in [3.8, 4) is 11.5 Å². The fourth-order valence-electron chi connectivity index (χ4n) is 2.54. The van der Waals surface area contributed by atoms with E-state index in [2.05, 4.69) is 29.3 Å². The van der Waals surface area contributed by atoms with Gasteiger partial charge in [0, 0.05) is 6.21 Å². The smallest absolute Gasteiger partial charge is 0.161 e. The number of aliphatic imine (C=N–C) groups is 1. The minimum atomic E-state index is 0.707. The lowest BCUT2D eigenvalue weighted by Crippen LogP contribution is -1.95. The summed E-state index contributed by atoms with van der Waals surface area (Å²) in [4.78, 5) is 4.60. The number of nitrogens with zero attached hydrogens (tertiary/aromatic N) is 1. The van der Waals surface area contributed by atoms with Gasteiger partial charge in [0.05, 0.1) is 19.9 Å². The Hall–Kier alpha value is -2.81. The van der Waals surface area contributed by atoms with E-state index in [9.17, 15) is 0 Å². The van der Waals surface area contributed by atoms with E-state index in [4.69, 9.17) is 9.47 Å². The number of rotatable bonds is 4. The molecular weight excluding hydrogens is 286 g/mol. The minimum absolute atomic E-state index is 0.707. The molecule has 3 aromatic rings. The van der Waals surface area contributed by atoms with Gasteiger partial charge in [-0.3, -0.25) is 4.99 Å². The molecule has 3 nitrogen and oxygen atoms in total. The number of aryl methyl sites for hydroxylation is 1. The highest BCUT2D eigenvalue weighted by atomic mass is 16.5. The van der Waals surface area contributed by atoms with Gasteiger partial charge in [-0.2, -0.15) is 0 Å². The number of fused-ring (bicyclic) bond motifs is 1. The van der Waals surface area contributed by atoms with Gasteiger partial charge in [-0.15, -0.1) is 0 Å². The molecule has 0 saturated carbocycles. The second-order valence-electron chi connectivity index (χ2n) is 5.35. The number of benzene rings is 3. The first-order valence-corrected chi connectivity index (χ1v) is 7.47. The summed E-state index contributed by atoms with van der Waals surface area (Å²) >= 11 is 0. The zero-order chi connectivity index (χ0) is 16.2. The third kappa shape index (κ3) is 3.19. The molecule has 0 heterocycles. The van der Waals surface area contributed by atoms with Crippen LogP contribution in [0.1, 0.15) is 11.1 Å². The van der Waals surface area contributed by atoms with Crippen LogP contribution in [0.4, 0.5) is 5.69 Å². The zero-order valence-electron chi connectivity index (χ0n) is 13.5. The topological polar surface area (TPSA) is 30.8 Å². The van der Waals surface area contributed by atoms with Gasteiger partial charge in [-0.1, -0.05) is 30.3 Å². The molecule has 3 heteroatoms. The van der Waals surface area contributed by atoms with Crippen molar-refractivity contribution in [2.24, 2.45) is 4.99 Å². The zero-order valence-corrected chi connectivity index (χ0v) is 13.5. The van der Waals surface area contributed by atoms with Gasteiger partial charge in [0.25, 0.3) is 0 Å². The maximum atomic E-state index is 5.35. The van der Waals surface area contributed by atoms with E-state index in [-0.39, 0.29) is 0 Å². The molecule has 23 heavy (non-hydrogen) atoms. The summed E-state index contributed by atoms with van der Waals surface area (Å²) in [6.07, 6.45) is 1.86. The molecule has 116 valence electrons. The Morgan fingerprint density at radius 1 is 0.826 bits per heavy atom. The van der Waals surface area contributed by atoms with Crippen LogP contribution < -0.4 is 9.47 Å². The van der Waals surface area contributed by atoms with Gasteiger partial charge in [0.15, 0.2) is 11.5 Å². The molecule has 0 atom stereocenters. The quantitative estimate of drug-likeness (QED) is 0.641. The van der Waals surface area contributed by atoms with Gasteiger partial charge in [0.2, 0.25) is 0 Å². The van der Waals surface area contributed by atoms with Crippen molar-refractivity contribution in [2.45, 2.75) is 6.92 Å². The van der Waals surface area contributed by atoms with Crippen molar-refractivity contribution in [1.82, 2.24) is 0 Å². The first kappa shape index (κ1) is 15.1. The molecule has 0 aromatic heterocycles. The van der Waals surface area contributed by atoms with E-state index in [1.807, 2.05) is 43.5 Å². The Kier molecular flexibility index (Phi) is 4.29. The van der Waals surface area contributed by atoms with Crippen LogP contribution in [0.3, 0.4) is 0 Å². The molecule has 0 N–H and O–H groups in total. The van der Waals surface area contributed by atoms with Crippen molar-refractivity contribution in [3.05, 3.63) is 65.7 Å². The Balaban J connectivity index is 1.94. The van der Waals surface area contributed by atoms with Gasteiger partial charge in [0.1, 0.15) is 0 Å². The number of methoxy groups -OCH3 is 2. The van der Waals surface area contributed by atoms with Crippen LogP contribution in [-0.2, 0) is 0 Å². The van der Waals surface area contributed by atoms with Gasteiger partial charge in [-0.25, -0.2) is 0 Å². The molecule has 0 aliphatic carbocycles. The molecule has 0 amide bonds. The molecule has 0 fully saturated rings. The Labute approximate surface area is 136 Å². The van der Waals surface area contributed by atoms with E-state index >= 15 is 0 Å². The summed E-state index contributed by atoms with van der Waals surface area (Å²) in [5, 5.41) is 2.40. The summed E-state index contributed by atoms with van der Waals surface area (Å²) in [5.74, 6) is 1.44. The maximum Gasteiger partial charge on any atom is 0.161 e. The summed E-state index contributed by atoms with van der Waals surface area (Å²) in [6, 6.07) is 18.4. The standard InChI is InChI=1S/C20H19NO2/c1-14-10-19(22-2)20(23-3)12-17(14)13-21-18-9-8-15-6-4-5-7-16(15)11-18/h4-13H,1-3H3. The molecule has 3 aromatic carbocycles. The Morgan fingerprint density at radius 3 is 2.26 bits per heavy atom. The monoisotopic (exact) mass is 305 g/mol. The molecule has 0 saturated heterocycles. The summed E-state index contributed by atoms with van der Waals surface area (Å²) < 4.78 is 10.7. The third-order valence-electron chi connectivity index (χ3n) is 3.86. The van der Waals surface area contributed by atoms with Gasteiger partial charge < -0.3 is 9.47 Å². The lowest BCUT2D eigenvalue weighted by Gasteiger charge is -2.10. The average molecular weight is 305 g/mol. The van der Waals surface area contributed by atoms with Crippen molar-refractivity contribution in [1.29, 1.82) is 0 Å². The highest BCUT2D eigenvalue weighted by molar-refractivity contribution is 5.88. The average Bonchev–Trinajstić information content (AvgIpc) is 2.60. The lowest BCUT2D eigenvalue weighted by molar-refractivity contribution is 0.354. The predicted octanol–water partition coefficient (Wildman–Crippen LogP) is 4.92. The van der Waals surface area contributed by atoms with Crippen LogP contribution in [0.2, 0.25) is 0 Å². The number of ether oxygens (including phenoxy) is 2. The molecule has 0 radical (unpaired) electrons. The number of hydrogen-bond acceptors (Lipinski definition) is 3. The van der Waals surface area contributed by atoms with Crippen molar-refractivity contribution < 1.29 is 9.47 Å². The van der Waals surface area contributed by atoms with Gasteiger partial charge in [-0.05, 0) is 53.1 Å². The van der Waals surface area contributed by atoms with Crippen LogP contribution in [0.15, 0.2) is 59.6 Å². The van der Waals surface area contributed by atoms with Crippen molar-refractivity contribution in [2.75, 3.05) is 14.2 Å².